The molecule has 1 rings (SSSR count). The Hall–Kier alpha value is -2.28. The summed E-state index contributed by atoms with van der Waals surface area (Å²) in [5.41, 5.74) is 0.862. The van der Waals surface area contributed by atoms with Crippen LogP contribution in [0.25, 0.3) is 0 Å². The Balaban J connectivity index is 2.42. The van der Waals surface area contributed by atoms with Crippen LogP contribution >= 0.6 is 11.6 Å². The molecule has 0 aliphatic rings. The highest BCUT2D eigenvalue weighted by Gasteiger charge is 2.22. The van der Waals surface area contributed by atoms with Gasteiger partial charge in [-0.25, -0.2) is 4.79 Å². The van der Waals surface area contributed by atoms with E-state index in [9.17, 15) is 14.4 Å². The molecule has 2 amide bonds. The Morgan fingerprint density at radius 3 is 2.44 bits per heavy atom. The van der Waals surface area contributed by atoms with Crippen molar-refractivity contribution < 1.29 is 23.9 Å². The number of nitrogens with one attached hydrogen (secondary N) is 2. The van der Waals surface area contributed by atoms with Crippen LogP contribution in [0.2, 0.25) is 0 Å². The summed E-state index contributed by atoms with van der Waals surface area (Å²) >= 11 is 5.30. The molecule has 0 spiro atoms. The molecule has 0 aliphatic heterocycles. The molecular formula is C19H27ClN2O5. The van der Waals surface area contributed by atoms with E-state index in [1.54, 1.807) is 0 Å². The van der Waals surface area contributed by atoms with Crippen molar-refractivity contribution in [1.29, 1.82) is 0 Å². The molecule has 0 saturated carbocycles. The monoisotopic (exact) mass is 398 g/mol. The lowest BCUT2D eigenvalue weighted by Crippen LogP contribution is -2.47. The van der Waals surface area contributed by atoms with E-state index in [4.69, 9.17) is 16.3 Å². The van der Waals surface area contributed by atoms with Crippen LogP contribution in [0.1, 0.15) is 38.7 Å². The number of benzene rings is 1. The van der Waals surface area contributed by atoms with Gasteiger partial charge < -0.3 is 20.1 Å². The molecule has 0 aromatic heterocycles. The molecule has 1 aromatic carbocycles. The van der Waals surface area contributed by atoms with Gasteiger partial charge in [-0.2, -0.15) is 0 Å². The largest absolute Gasteiger partial charge is 0.449 e. The van der Waals surface area contributed by atoms with Gasteiger partial charge in [-0.1, -0.05) is 55.8 Å². The Kier molecular flexibility index (Phi) is 10.9. The first-order valence-electron chi connectivity index (χ1n) is 8.89. The summed E-state index contributed by atoms with van der Waals surface area (Å²) in [5, 5.41) is 5.32. The molecule has 0 saturated heterocycles. The second-order valence-corrected chi connectivity index (χ2v) is 6.63. The predicted molar refractivity (Wildman–Crippen MR) is 102 cm³/mol. The van der Waals surface area contributed by atoms with E-state index in [2.05, 4.69) is 15.4 Å². The molecule has 0 heterocycles. The summed E-state index contributed by atoms with van der Waals surface area (Å²) in [6.07, 6.45) is 0.411. The van der Waals surface area contributed by atoms with Crippen molar-refractivity contribution in [1.82, 2.24) is 10.6 Å². The van der Waals surface area contributed by atoms with Gasteiger partial charge in [0, 0.05) is 13.0 Å². The van der Waals surface area contributed by atoms with E-state index >= 15 is 0 Å². The molecule has 8 heteroatoms. The molecule has 27 heavy (non-hydrogen) atoms. The Bertz CT molecular complexity index is 595. The SMILES string of the molecule is CC(C)C[C@H](NC(=O)OCc1ccccc1)C(=O)NCCCC(=O)OCCl. The summed E-state index contributed by atoms with van der Waals surface area (Å²) in [4.78, 5) is 35.6. The lowest BCUT2D eigenvalue weighted by atomic mass is 10.0. The number of alkyl carbamates (subject to hydrolysis) is 1. The van der Waals surface area contributed by atoms with E-state index in [0.717, 1.165) is 5.56 Å². The zero-order valence-corrected chi connectivity index (χ0v) is 16.5. The van der Waals surface area contributed by atoms with Crippen LogP contribution in [0.4, 0.5) is 4.79 Å². The summed E-state index contributed by atoms with van der Waals surface area (Å²) < 4.78 is 9.78. The first-order chi connectivity index (χ1) is 12.9. The van der Waals surface area contributed by atoms with Crippen LogP contribution in [0.5, 0.6) is 0 Å². The highest BCUT2D eigenvalue weighted by Crippen LogP contribution is 2.07. The number of amides is 2. The third kappa shape index (κ3) is 10.5. The van der Waals surface area contributed by atoms with Crippen LogP contribution in [0.15, 0.2) is 30.3 Å². The highest BCUT2D eigenvalue weighted by atomic mass is 35.5. The molecule has 0 unspecified atom stereocenters. The molecular weight excluding hydrogens is 372 g/mol. The highest BCUT2D eigenvalue weighted by molar-refractivity contribution is 6.17. The van der Waals surface area contributed by atoms with Gasteiger partial charge in [-0.3, -0.25) is 9.59 Å². The van der Waals surface area contributed by atoms with E-state index in [0.29, 0.717) is 19.4 Å². The van der Waals surface area contributed by atoms with Crippen LogP contribution in [0.3, 0.4) is 0 Å². The van der Waals surface area contributed by atoms with Crippen LogP contribution in [0, 0.1) is 5.92 Å². The number of carbonyl (C=O) groups is 3. The molecule has 1 atom stereocenters. The zero-order chi connectivity index (χ0) is 20.1. The van der Waals surface area contributed by atoms with Crippen molar-refractivity contribution in [3.63, 3.8) is 0 Å². The van der Waals surface area contributed by atoms with Crippen molar-refractivity contribution >= 4 is 29.6 Å². The van der Waals surface area contributed by atoms with Gasteiger partial charge in [0.1, 0.15) is 12.6 Å². The van der Waals surface area contributed by atoms with E-state index in [-0.39, 0.29) is 30.9 Å². The van der Waals surface area contributed by atoms with Crippen LogP contribution in [-0.4, -0.2) is 36.6 Å². The fourth-order valence-electron chi connectivity index (χ4n) is 2.31. The van der Waals surface area contributed by atoms with Crippen molar-refractivity contribution in [3.05, 3.63) is 35.9 Å². The number of hydrogen-bond donors (Lipinski definition) is 2. The Morgan fingerprint density at radius 2 is 1.81 bits per heavy atom. The van der Waals surface area contributed by atoms with E-state index in [1.807, 2.05) is 44.2 Å². The quantitative estimate of drug-likeness (QED) is 0.339. The molecule has 0 bridgehead atoms. The minimum absolute atomic E-state index is 0.130. The smallest absolute Gasteiger partial charge is 0.408 e. The maximum Gasteiger partial charge on any atom is 0.408 e. The summed E-state index contributed by atoms with van der Waals surface area (Å²) in [6.45, 7) is 4.34. The van der Waals surface area contributed by atoms with Gasteiger partial charge in [0.05, 0.1) is 0 Å². The molecule has 0 aliphatic carbocycles. The Labute approximate surface area is 164 Å². The lowest BCUT2D eigenvalue weighted by molar-refractivity contribution is -0.141. The summed E-state index contributed by atoms with van der Waals surface area (Å²) in [7, 11) is 0. The van der Waals surface area contributed by atoms with Crippen molar-refractivity contribution in [2.75, 3.05) is 12.6 Å². The maximum atomic E-state index is 12.3. The van der Waals surface area contributed by atoms with Gasteiger partial charge in [0.25, 0.3) is 0 Å². The van der Waals surface area contributed by atoms with Gasteiger partial charge in [0.15, 0.2) is 6.07 Å². The molecule has 7 nitrogen and oxygen atoms in total. The summed E-state index contributed by atoms with van der Waals surface area (Å²) in [6, 6.07) is 8.40. The Morgan fingerprint density at radius 1 is 1.11 bits per heavy atom. The van der Waals surface area contributed by atoms with E-state index in [1.165, 1.54) is 0 Å². The van der Waals surface area contributed by atoms with Gasteiger partial charge in [0.2, 0.25) is 5.91 Å². The minimum Gasteiger partial charge on any atom is -0.449 e. The predicted octanol–water partition coefficient (Wildman–Crippen LogP) is 2.96. The summed E-state index contributed by atoms with van der Waals surface area (Å²) in [5.74, 6) is -0.527. The van der Waals surface area contributed by atoms with Gasteiger partial charge >= 0.3 is 12.1 Å². The van der Waals surface area contributed by atoms with Crippen molar-refractivity contribution in [3.8, 4) is 0 Å². The topological polar surface area (TPSA) is 93.7 Å². The second-order valence-electron chi connectivity index (χ2n) is 6.41. The van der Waals surface area contributed by atoms with Crippen molar-refractivity contribution in [2.45, 2.75) is 45.8 Å². The van der Waals surface area contributed by atoms with E-state index < -0.39 is 18.1 Å². The molecule has 2 N–H and O–H groups in total. The zero-order valence-electron chi connectivity index (χ0n) is 15.7. The average Bonchev–Trinajstić information content (AvgIpc) is 2.63. The first-order valence-corrected chi connectivity index (χ1v) is 9.42. The minimum atomic E-state index is -0.705. The first kappa shape index (κ1) is 22.8. The van der Waals surface area contributed by atoms with Gasteiger partial charge in [-0.15, -0.1) is 0 Å². The molecule has 1 aromatic rings. The van der Waals surface area contributed by atoms with Crippen molar-refractivity contribution in [2.24, 2.45) is 5.92 Å². The number of halogens is 1. The number of hydrogen-bond acceptors (Lipinski definition) is 5. The molecule has 150 valence electrons. The van der Waals surface area contributed by atoms with Gasteiger partial charge in [-0.05, 0) is 24.3 Å². The number of esters is 1. The third-order valence-electron chi connectivity index (χ3n) is 3.60. The molecule has 0 fully saturated rings. The standard InChI is InChI=1S/C19H27ClN2O5/c1-14(2)11-16(18(24)21-10-6-9-17(23)27-13-20)22-19(25)26-12-15-7-4-3-5-8-15/h3-5,7-8,14,16H,6,9-13H2,1-2H3,(H,21,24)(H,22,25)/t16-/m0/s1. The number of rotatable bonds is 11. The normalized spacial score (nSPS) is 11.6. The lowest BCUT2D eigenvalue weighted by Gasteiger charge is -2.20. The average molecular weight is 399 g/mol. The third-order valence-corrected chi connectivity index (χ3v) is 3.71. The number of alkyl halides is 1. The fourth-order valence-corrected chi connectivity index (χ4v) is 2.43. The second kappa shape index (κ2) is 13.0. The maximum absolute atomic E-state index is 12.3. The number of carbonyl (C=O) groups excluding carboxylic acids is 3. The van der Waals surface area contributed by atoms with Crippen LogP contribution < -0.4 is 10.6 Å². The van der Waals surface area contributed by atoms with Crippen LogP contribution in [-0.2, 0) is 25.7 Å². The number of ether oxygens (including phenoxy) is 2. The fraction of sp³-hybridized carbons (Fsp3) is 0.526. The molecule has 0 radical (unpaired) electrons.